The molecule has 3 heteroatoms. The lowest BCUT2D eigenvalue weighted by Crippen LogP contribution is -2.10. The third kappa shape index (κ3) is 5.44. The van der Waals surface area contributed by atoms with Crippen molar-refractivity contribution in [3.63, 3.8) is 0 Å². The van der Waals surface area contributed by atoms with Crippen molar-refractivity contribution < 1.29 is 19.5 Å². The zero-order valence-electron chi connectivity index (χ0n) is 42.2. The maximum absolute atomic E-state index is 9.80. The highest BCUT2D eigenvalue weighted by atomic mass is 16.3. The van der Waals surface area contributed by atoms with Crippen LogP contribution in [0, 0.1) is 0 Å². The van der Waals surface area contributed by atoms with E-state index in [0.29, 0.717) is 27.9 Å². The second kappa shape index (κ2) is 13.4. The van der Waals surface area contributed by atoms with Crippen LogP contribution in [0.3, 0.4) is 0 Å². The summed E-state index contributed by atoms with van der Waals surface area (Å²) in [7, 11) is 0. The van der Waals surface area contributed by atoms with E-state index < -0.39 is 77.6 Å². The number of benzene rings is 10. The Hall–Kier alpha value is -7.88. The summed E-state index contributed by atoms with van der Waals surface area (Å²) in [5, 5.41) is 4.72. The van der Waals surface area contributed by atoms with Crippen LogP contribution in [0.2, 0.25) is 0 Å². The molecule has 12 rings (SSSR count). The van der Waals surface area contributed by atoms with E-state index in [4.69, 9.17) is 12.6 Å². The summed E-state index contributed by atoms with van der Waals surface area (Å²) in [4.78, 5) is 1.69. The Labute approximate surface area is 356 Å². The molecule has 0 N–H and O–H groups in total. The summed E-state index contributed by atoms with van der Waals surface area (Å²) in [5.41, 5.74) is 5.96. The molecule has 0 saturated heterocycles. The number of para-hydroxylation sites is 2. The lowest BCUT2D eigenvalue weighted by Gasteiger charge is -2.27. The van der Waals surface area contributed by atoms with E-state index in [9.17, 15) is 6.85 Å². The van der Waals surface area contributed by atoms with Gasteiger partial charge in [-0.15, -0.1) is 0 Å². The standard InChI is InChI=1S/C56H36N2O/c1-2-16-44(17-3-1)58-51-21-9-8-20-48(51)50-36-43(29-33-52(50)58)41-15-10-18-46(35-41)57(45-30-26-38(27-31-45)42-25-24-37-12-4-5-14-40(37)34-42)53-22-11-23-54-55(53)49-32-28-39-13-6-7-19-47(39)56(49)59-54/h1-36H/i4D,5D,12D,14D,24D,25D,26D,27D,30D,31D,34D. The van der Waals surface area contributed by atoms with E-state index in [1.54, 1.807) is 4.90 Å². The van der Waals surface area contributed by atoms with Crippen LogP contribution >= 0.6 is 0 Å². The first-order valence-electron chi connectivity index (χ1n) is 24.8. The Morgan fingerprint density at radius 1 is 0.441 bits per heavy atom. The topological polar surface area (TPSA) is 21.3 Å². The average Bonchev–Trinajstić information content (AvgIpc) is 3.94. The van der Waals surface area contributed by atoms with Gasteiger partial charge in [0, 0.05) is 38.6 Å². The number of aromatic nitrogens is 1. The normalized spacial score (nSPS) is 14.3. The molecule has 0 aliphatic rings. The molecule has 10 aromatic carbocycles. The summed E-state index contributed by atoms with van der Waals surface area (Å²) < 4.78 is 109. The van der Waals surface area contributed by atoms with Gasteiger partial charge in [-0.1, -0.05) is 139 Å². The number of hydrogen-bond donors (Lipinski definition) is 0. The molecule has 0 amide bonds. The molecule has 0 fully saturated rings. The van der Waals surface area contributed by atoms with E-state index in [2.05, 4.69) is 47.0 Å². The van der Waals surface area contributed by atoms with Crippen molar-refractivity contribution in [3.05, 3.63) is 218 Å². The minimum atomic E-state index is -0.661. The molecule has 3 nitrogen and oxygen atoms in total. The molecule has 0 radical (unpaired) electrons. The van der Waals surface area contributed by atoms with Crippen molar-refractivity contribution in [2.24, 2.45) is 0 Å². The lowest BCUT2D eigenvalue weighted by atomic mass is 9.99. The maximum Gasteiger partial charge on any atom is 0.143 e. The molecular weight excluding hydrogens is 717 g/mol. The van der Waals surface area contributed by atoms with E-state index in [1.807, 2.05) is 109 Å². The fraction of sp³-hybridized carbons (Fsp3) is 0. The summed E-state index contributed by atoms with van der Waals surface area (Å²) in [6.07, 6.45) is 0. The highest BCUT2D eigenvalue weighted by Gasteiger charge is 2.21. The van der Waals surface area contributed by atoms with Gasteiger partial charge in [0.2, 0.25) is 0 Å². The van der Waals surface area contributed by atoms with Gasteiger partial charge in [-0.25, -0.2) is 0 Å². The van der Waals surface area contributed by atoms with Crippen LogP contribution in [0.1, 0.15) is 15.1 Å². The van der Waals surface area contributed by atoms with Crippen molar-refractivity contribution in [1.29, 1.82) is 0 Å². The molecule has 59 heavy (non-hydrogen) atoms. The predicted octanol–water partition coefficient (Wildman–Crippen LogP) is 15.8. The second-order valence-electron chi connectivity index (χ2n) is 14.4. The van der Waals surface area contributed by atoms with E-state index >= 15 is 0 Å². The summed E-state index contributed by atoms with van der Waals surface area (Å²) in [5.74, 6) is 0. The molecule has 0 aliphatic carbocycles. The minimum absolute atomic E-state index is 0.133. The Morgan fingerprint density at radius 2 is 1.19 bits per heavy atom. The van der Waals surface area contributed by atoms with Crippen LogP contribution < -0.4 is 4.90 Å². The van der Waals surface area contributed by atoms with Gasteiger partial charge in [-0.2, -0.15) is 0 Å². The van der Waals surface area contributed by atoms with Gasteiger partial charge in [-0.05, 0) is 117 Å². The van der Waals surface area contributed by atoms with Crippen LogP contribution in [0.4, 0.5) is 17.1 Å². The van der Waals surface area contributed by atoms with E-state index in [-0.39, 0.29) is 16.5 Å². The highest BCUT2D eigenvalue weighted by Crippen LogP contribution is 2.45. The smallest absolute Gasteiger partial charge is 0.143 e. The molecule has 2 heterocycles. The maximum atomic E-state index is 9.80. The monoisotopic (exact) mass is 763 g/mol. The summed E-state index contributed by atoms with van der Waals surface area (Å²) in [6.45, 7) is 0. The third-order valence-corrected chi connectivity index (χ3v) is 11.1. The molecule has 0 spiro atoms. The third-order valence-electron chi connectivity index (χ3n) is 11.1. The second-order valence-corrected chi connectivity index (χ2v) is 14.4. The van der Waals surface area contributed by atoms with Gasteiger partial charge in [0.1, 0.15) is 11.2 Å². The van der Waals surface area contributed by atoms with Crippen LogP contribution in [-0.4, -0.2) is 4.57 Å². The van der Waals surface area contributed by atoms with Gasteiger partial charge in [-0.3, -0.25) is 0 Å². The number of fused-ring (bicyclic) bond motifs is 9. The van der Waals surface area contributed by atoms with Crippen LogP contribution in [0.5, 0.6) is 0 Å². The Kier molecular flexibility index (Phi) is 5.44. The zero-order valence-corrected chi connectivity index (χ0v) is 31.2. The zero-order chi connectivity index (χ0) is 48.4. The largest absolute Gasteiger partial charge is 0.455 e. The van der Waals surface area contributed by atoms with Crippen molar-refractivity contribution in [2.75, 3.05) is 4.90 Å². The van der Waals surface area contributed by atoms with Gasteiger partial charge in [0.25, 0.3) is 0 Å². The Balaban J connectivity index is 1.11. The molecule has 276 valence electrons. The number of anilines is 3. The SMILES string of the molecule is [2H]c1c([2H])c(N(c2cccc(-c3ccc4c(c3)c3ccccc3n4-c3ccccc3)c2)c2cccc3oc4c5ccccc5ccc4c23)c([2H])c([2H])c1-c1c([2H])c([2H])c2c([2H])c([2H])c([2H])c([2H])c2c1[2H]. The van der Waals surface area contributed by atoms with Crippen LogP contribution in [0.15, 0.2) is 223 Å². The van der Waals surface area contributed by atoms with E-state index in [0.717, 1.165) is 54.8 Å². The predicted molar refractivity (Wildman–Crippen MR) is 249 cm³/mol. The van der Waals surface area contributed by atoms with Crippen molar-refractivity contribution >= 4 is 82.4 Å². The minimum Gasteiger partial charge on any atom is -0.455 e. The lowest BCUT2D eigenvalue weighted by molar-refractivity contribution is 0.672. The molecule has 12 aromatic rings. The van der Waals surface area contributed by atoms with Crippen LogP contribution in [0.25, 0.3) is 93.2 Å². The van der Waals surface area contributed by atoms with Crippen molar-refractivity contribution in [2.45, 2.75) is 0 Å². The van der Waals surface area contributed by atoms with Gasteiger partial charge < -0.3 is 13.9 Å². The van der Waals surface area contributed by atoms with Gasteiger partial charge in [0.05, 0.1) is 37.2 Å². The molecule has 0 aliphatic heterocycles. The first-order chi connectivity index (χ1) is 33.8. The molecule has 0 atom stereocenters. The molecular formula is C56H36N2O. The van der Waals surface area contributed by atoms with Gasteiger partial charge in [0.15, 0.2) is 0 Å². The Morgan fingerprint density at radius 3 is 2.08 bits per heavy atom. The average molecular weight is 764 g/mol. The number of furan rings is 1. The molecule has 0 bridgehead atoms. The van der Waals surface area contributed by atoms with E-state index in [1.165, 1.54) is 0 Å². The Bertz CT molecular complexity index is 4190. The van der Waals surface area contributed by atoms with Crippen LogP contribution in [-0.2, 0) is 0 Å². The quantitative estimate of drug-likeness (QED) is 0.168. The number of hydrogen-bond acceptors (Lipinski definition) is 2. The molecule has 0 saturated carbocycles. The van der Waals surface area contributed by atoms with Crippen molar-refractivity contribution in [1.82, 2.24) is 4.57 Å². The molecule has 0 unspecified atom stereocenters. The fourth-order valence-electron chi connectivity index (χ4n) is 8.39. The summed E-state index contributed by atoms with van der Waals surface area (Å²) >= 11 is 0. The first kappa shape index (κ1) is 24.0. The fourth-order valence-corrected chi connectivity index (χ4v) is 8.39. The molecule has 2 aromatic heterocycles. The highest BCUT2D eigenvalue weighted by molar-refractivity contribution is 6.19. The first-order valence-corrected chi connectivity index (χ1v) is 19.3. The number of rotatable bonds is 6. The van der Waals surface area contributed by atoms with Gasteiger partial charge >= 0.3 is 0 Å². The summed E-state index contributed by atoms with van der Waals surface area (Å²) in [6, 6.07) is 43.2. The number of nitrogens with zero attached hydrogens (tertiary/aromatic N) is 2. The van der Waals surface area contributed by atoms with Crippen molar-refractivity contribution in [3.8, 4) is 27.9 Å².